The molecule has 1 N–H and O–H groups in total. The number of fused-ring (bicyclic) bond motifs is 1. The third kappa shape index (κ3) is 5.59. The van der Waals surface area contributed by atoms with Crippen LogP contribution in [0.3, 0.4) is 0 Å². The molecule has 8 nitrogen and oxygen atoms in total. The molecule has 0 aliphatic heterocycles. The number of benzene rings is 2. The summed E-state index contributed by atoms with van der Waals surface area (Å²) in [5.41, 5.74) is 2.52. The summed E-state index contributed by atoms with van der Waals surface area (Å²) >= 11 is 0. The average Bonchev–Trinajstić information content (AvgIpc) is 3.20. The lowest BCUT2D eigenvalue weighted by Crippen LogP contribution is -2.23. The van der Waals surface area contributed by atoms with Crippen LogP contribution in [-0.2, 0) is 18.6 Å². The summed E-state index contributed by atoms with van der Waals surface area (Å²) in [7, 11) is 0. The highest BCUT2D eigenvalue weighted by Crippen LogP contribution is 2.26. The molecule has 2 aromatic heterocycles. The minimum absolute atomic E-state index is 0.0154. The molecule has 0 saturated carbocycles. The molecule has 4 aromatic rings. The van der Waals surface area contributed by atoms with Gasteiger partial charge < -0.3 is 10.1 Å². The van der Waals surface area contributed by atoms with Gasteiger partial charge in [-0.2, -0.15) is 9.50 Å². The quantitative estimate of drug-likeness (QED) is 0.421. The fraction of sp³-hybridized carbons (Fsp3) is 0.333. The molecular weight excluding hydrogens is 442 g/mol. The first-order chi connectivity index (χ1) is 16.6. The summed E-state index contributed by atoms with van der Waals surface area (Å²) in [6.45, 7) is 11.3. The molecule has 2 heterocycles. The number of carbonyl (C=O) groups is 1. The topological polar surface area (TPSA) is 90.5 Å². The van der Waals surface area contributed by atoms with Crippen LogP contribution in [0.25, 0.3) is 5.78 Å². The van der Waals surface area contributed by atoms with Gasteiger partial charge in [0.15, 0.2) is 0 Å². The van der Waals surface area contributed by atoms with E-state index in [1.165, 1.54) is 10.6 Å². The van der Waals surface area contributed by atoms with E-state index in [1.807, 2.05) is 36.4 Å². The second-order valence-electron chi connectivity index (χ2n) is 10.0. The SMILES string of the molecule is CC(C)Cn1cnc2nc(COc3ccccc3NC(=O)c3ccc(C(C)(C)C)cc3)cc(=O)n21. The Morgan fingerprint density at radius 1 is 1.09 bits per heavy atom. The minimum atomic E-state index is -0.227. The molecule has 0 radical (unpaired) electrons. The first-order valence-corrected chi connectivity index (χ1v) is 11.7. The Bertz CT molecular complexity index is 1400. The lowest BCUT2D eigenvalue weighted by atomic mass is 9.87. The van der Waals surface area contributed by atoms with Crippen LogP contribution >= 0.6 is 0 Å². The van der Waals surface area contributed by atoms with E-state index >= 15 is 0 Å². The van der Waals surface area contributed by atoms with Crippen molar-refractivity contribution >= 4 is 17.4 Å². The van der Waals surface area contributed by atoms with Crippen molar-refractivity contribution in [3.8, 4) is 5.75 Å². The van der Waals surface area contributed by atoms with Crippen molar-refractivity contribution in [3.63, 3.8) is 0 Å². The fourth-order valence-corrected chi connectivity index (χ4v) is 3.75. The molecule has 0 spiro atoms. The molecule has 0 aliphatic rings. The second kappa shape index (κ2) is 9.74. The van der Waals surface area contributed by atoms with Gasteiger partial charge in [-0.3, -0.25) is 14.3 Å². The number of ether oxygens (including phenoxy) is 1. The highest BCUT2D eigenvalue weighted by Gasteiger charge is 2.16. The molecular formula is C27H31N5O3. The molecule has 4 rings (SSSR count). The molecule has 182 valence electrons. The molecule has 0 aliphatic carbocycles. The van der Waals surface area contributed by atoms with Gasteiger partial charge in [-0.1, -0.05) is 58.9 Å². The van der Waals surface area contributed by atoms with E-state index in [9.17, 15) is 9.59 Å². The Hall–Kier alpha value is -3.94. The monoisotopic (exact) mass is 473 g/mol. The molecule has 2 aromatic carbocycles. The summed E-state index contributed by atoms with van der Waals surface area (Å²) in [6, 6.07) is 16.2. The van der Waals surface area contributed by atoms with Crippen molar-refractivity contribution in [2.45, 2.75) is 53.2 Å². The standard InChI is InChI=1S/C27H31N5O3/c1-18(2)15-31-17-28-26-29-21(14-24(33)32(26)31)16-35-23-9-7-6-8-22(23)30-25(34)19-10-12-20(13-11-19)27(3,4)5/h6-14,17-18H,15-16H2,1-5H3,(H,30,34). The van der Waals surface area contributed by atoms with Gasteiger partial charge in [0, 0.05) is 18.2 Å². The van der Waals surface area contributed by atoms with Crippen LogP contribution in [0.1, 0.15) is 56.2 Å². The Morgan fingerprint density at radius 3 is 2.49 bits per heavy atom. The first-order valence-electron chi connectivity index (χ1n) is 11.7. The van der Waals surface area contributed by atoms with Crippen LogP contribution in [-0.4, -0.2) is 25.1 Å². The van der Waals surface area contributed by atoms with Crippen LogP contribution in [0.5, 0.6) is 5.75 Å². The van der Waals surface area contributed by atoms with Crippen molar-refractivity contribution in [1.29, 1.82) is 0 Å². The zero-order valence-electron chi connectivity index (χ0n) is 20.8. The summed E-state index contributed by atoms with van der Waals surface area (Å²) in [5.74, 6) is 0.956. The van der Waals surface area contributed by atoms with Gasteiger partial charge >= 0.3 is 0 Å². The molecule has 0 fully saturated rings. The number of anilines is 1. The van der Waals surface area contributed by atoms with Crippen LogP contribution in [0.4, 0.5) is 5.69 Å². The Morgan fingerprint density at radius 2 is 1.80 bits per heavy atom. The summed E-state index contributed by atoms with van der Waals surface area (Å²) in [5, 5.41) is 2.92. The smallest absolute Gasteiger partial charge is 0.274 e. The van der Waals surface area contributed by atoms with Gasteiger partial charge in [-0.05, 0) is 41.2 Å². The number of aromatic nitrogens is 4. The number of carbonyl (C=O) groups excluding carboxylic acids is 1. The Kier molecular flexibility index (Phi) is 6.73. The molecule has 0 atom stereocenters. The van der Waals surface area contributed by atoms with Gasteiger partial charge in [0.05, 0.1) is 11.4 Å². The number of hydrogen-bond acceptors (Lipinski definition) is 5. The lowest BCUT2D eigenvalue weighted by Gasteiger charge is -2.19. The van der Waals surface area contributed by atoms with Crippen LogP contribution < -0.4 is 15.6 Å². The van der Waals surface area contributed by atoms with Gasteiger partial charge in [0.25, 0.3) is 17.2 Å². The fourth-order valence-electron chi connectivity index (χ4n) is 3.75. The molecule has 0 unspecified atom stereocenters. The maximum Gasteiger partial charge on any atom is 0.274 e. The van der Waals surface area contributed by atoms with E-state index < -0.39 is 0 Å². The van der Waals surface area contributed by atoms with E-state index in [0.717, 1.165) is 5.56 Å². The van der Waals surface area contributed by atoms with Gasteiger partial charge in [0.1, 0.15) is 18.7 Å². The van der Waals surface area contributed by atoms with Crippen molar-refractivity contribution in [2.24, 2.45) is 5.92 Å². The largest absolute Gasteiger partial charge is 0.485 e. The Labute approximate surface area is 204 Å². The van der Waals surface area contributed by atoms with Gasteiger partial charge in [-0.25, -0.2) is 4.98 Å². The first kappa shape index (κ1) is 24.2. The summed E-state index contributed by atoms with van der Waals surface area (Å²) in [4.78, 5) is 34.2. The Balaban J connectivity index is 1.48. The third-order valence-electron chi connectivity index (χ3n) is 5.57. The normalized spacial score (nSPS) is 11.7. The van der Waals surface area contributed by atoms with Crippen LogP contribution in [0, 0.1) is 5.92 Å². The van der Waals surface area contributed by atoms with Crippen LogP contribution in [0.2, 0.25) is 0 Å². The maximum absolute atomic E-state index is 12.8. The summed E-state index contributed by atoms with van der Waals surface area (Å²) < 4.78 is 9.16. The number of hydrogen-bond donors (Lipinski definition) is 1. The van der Waals surface area contributed by atoms with Gasteiger partial charge in [-0.15, -0.1) is 0 Å². The van der Waals surface area contributed by atoms with Crippen molar-refractivity contribution < 1.29 is 9.53 Å². The zero-order chi connectivity index (χ0) is 25.2. The van der Waals surface area contributed by atoms with Crippen LogP contribution in [0.15, 0.2) is 65.7 Å². The van der Waals surface area contributed by atoms with Crippen molar-refractivity contribution in [3.05, 3.63) is 88.1 Å². The number of amides is 1. The number of para-hydroxylation sites is 2. The number of nitrogens with zero attached hydrogens (tertiary/aromatic N) is 4. The summed E-state index contributed by atoms with van der Waals surface area (Å²) in [6.07, 6.45) is 1.62. The predicted octanol–water partition coefficient (Wildman–Crippen LogP) is 4.68. The highest BCUT2D eigenvalue weighted by atomic mass is 16.5. The average molecular weight is 474 g/mol. The predicted molar refractivity (Wildman–Crippen MR) is 136 cm³/mol. The maximum atomic E-state index is 12.8. The van der Waals surface area contributed by atoms with E-state index in [4.69, 9.17) is 4.74 Å². The lowest BCUT2D eigenvalue weighted by molar-refractivity contribution is 0.102. The molecule has 1 amide bonds. The molecule has 0 saturated heterocycles. The highest BCUT2D eigenvalue weighted by molar-refractivity contribution is 6.05. The van der Waals surface area contributed by atoms with E-state index in [-0.39, 0.29) is 23.5 Å². The van der Waals surface area contributed by atoms with E-state index in [1.54, 1.807) is 23.1 Å². The minimum Gasteiger partial charge on any atom is -0.485 e. The molecule has 8 heteroatoms. The van der Waals surface area contributed by atoms with Crippen molar-refractivity contribution in [1.82, 2.24) is 19.2 Å². The molecule has 35 heavy (non-hydrogen) atoms. The number of nitrogens with one attached hydrogen (secondary N) is 1. The zero-order valence-corrected chi connectivity index (χ0v) is 20.8. The van der Waals surface area contributed by atoms with Gasteiger partial charge in [0.2, 0.25) is 0 Å². The third-order valence-corrected chi connectivity index (χ3v) is 5.57. The molecule has 0 bridgehead atoms. The van der Waals surface area contributed by atoms with E-state index in [2.05, 4.69) is 49.9 Å². The van der Waals surface area contributed by atoms with E-state index in [0.29, 0.717) is 40.9 Å². The number of rotatable bonds is 7. The van der Waals surface area contributed by atoms with Crippen molar-refractivity contribution in [2.75, 3.05) is 5.32 Å². The second-order valence-corrected chi connectivity index (χ2v) is 10.0.